The third kappa shape index (κ3) is 2.07. The van der Waals surface area contributed by atoms with Gasteiger partial charge in [-0.05, 0) is 18.1 Å². The minimum Gasteiger partial charge on any atom is -0.210 e. The molecule has 0 spiro atoms. The van der Waals surface area contributed by atoms with Crippen LogP contribution >= 0.6 is 0 Å². The van der Waals surface area contributed by atoms with E-state index in [1.165, 1.54) is 6.07 Å². The first-order chi connectivity index (χ1) is 6.61. The molecular formula is C9H9NO3S. The van der Waals surface area contributed by atoms with Gasteiger partial charge in [-0.15, -0.1) is 0 Å². The van der Waals surface area contributed by atoms with E-state index in [0.29, 0.717) is 12.0 Å². The van der Waals surface area contributed by atoms with Crippen LogP contribution in [0.25, 0.3) is 0 Å². The molecule has 1 aromatic carbocycles. The third-order valence-corrected chi connectivity index (χ3v) is 3.06. The van der Waals surface area contributed by atoms with Crippen LogP contribution in [-0.2, 0) is 21.2 Å². The van der Waals surface area contributed by atoms with E-state index < -0.39 is 10.0 Å². The van der Waals surface area contributed by atoms with E-state index in [1.807, 2.05) is 6.92 Å². The Morgan fingerprint density at radius 2 is 2.00 bits per heavy atom. The van der Waals surface area contributed by atoms with Gasteiger partial charge in [0.1, 0.15) is 0 Å². The van der Waals surface area contributed by atoms with E-state index in [0.717, 1.165) is 6.08 Å². The van der Waals surface area contributed by atoms with Crippen molar-refractivity contribution < 1.29 is 13.2 Å². The number of rotatable bonds is 3. The Morgan fingerprint density at radius 1 is 1.36 bits per heavy atom. The number of carbonyl (C=O) groups excluding carboxylic acids is 1. The summed E-state index contributed by atoms with van der Waals surface area (Å²) in [5.74, 6) is 0. The minimum absolute atomic E-state index is 0.0749. The molecule has 0 bridgehead atoms. The summed E-state index contributed by atoms with van der Waals surface area (Å²) in [7, 11) is -3.85. The zero-order valence-electron chi connectivity index (χ0n) is 7.60. The monoisotopic (exact) mass is 211 g/mol. The summed E-state index contributed by atoms with van der Waals surface area (Å²) in [6, 6.07) is 6.44. The van der Waals surface area contributed by atoms with Crippen molar-refractivity contribution in [2.75, 3.05) is 0 Å². The van der Waals surface area contributed by atoms with Gasteiger partial charge in [0.2, 0.25) is 0 Å². The summed E-state index contributed by atoms with van der Waals surface area (Å²) in [6.07, 6.45) is 1.62. The highest BCUT2D eigenvalue weighted by Gasteiger charge is 2.15. The van der Waals surface area contributed by atoms with Gasteiger partial charge in [-0.1, -0.05) is 29.5 Å². The first-order valence-corrected chi connectivity index (χ1v) is 5.48. The molecule has 0 saturated heterocycles. The van der Waals surface area contributed by atoms with Crippen molar-refractivity contribution in [3.8, 4) is 0 Å². The van der Waals surface area contributed by atoms with E-state index in [1.54, 1.807) is 18.2 Å². The number of aryl methyl sites for hydroxylation is 1. The van der Waals surface area contributed by atoms with Gasteiger partial charge in [-0.2, -0.15) is 8.42 Å². The van der Waals surface area contributed by atoms with Gasteiger partial charge in [0.25, 0.3) is 16.1 Å². The van der Waals surface area contributed by atoms with E-state index in [4.69, 9.17) is 0 Å². The van der Waals surface area contributed by atoms with Crippen molar-refractivity contribution in [2.45, 2.75) is 18.2 Å². The van der Waals surface area contributed by atoms with Crippen LogP contribution in [0, 0.1) is 0 Å². The van der Waals surface area contributed by atoms with Crippen LogP contribution in [0.15, 0.2) is 33.6 Å². The predicted molar refractivity (Wildman–Crippen MR) is 51.1 cm³/mol. The first kappa shape index (κ1) is 10.6. The third-order valence-electron chi connectivity index (χ3n) is 1.79. The van der Waals surface area contributed by atoms with Crippen molar-refractivity contribution in [3.05, 3.63) is 29.8 Å². The SMILES string of the molecule is CCc1ccccc1S(=O)(=O)N=C=O. The summed E-state index contributed by atoms with van der Waals surface area (Å²) in [6.45, 7) is 1.83. The molecule has 0 amide bonds. The molecule has 0 N–H and O–H groups in total. The molecule has 0 aromatic heterocycles. The second-order valence-corrected chi connectivity index (χ2v) is 4.19. The summed E-state index contributed by atoms with van der Waals surface area (Å²) in [5.41, 5.74) is 0.645. The highest BCUT2D eigenvalue weighted by molar-refractivity contribution is 7.90. The molecule has 0 atom stereocenters. The molecule has 0 radical (unpaired) electrons. The standard InChI is InChI=1S/C9H9NO3S/c1-2-8-5-3-4-6-9(8)14(12,13)10-7-11/h3-6H,2H2,1H3. The lowest BCUT2D eigenvalue weighted by Crippen LogP contribution is -2.00. The van der Waals surface area contributed by atoms with Crippen molar-refractivity contribution in [1.82, 2.24) is 0 Å². The Labute approximate surface area is 82.3 Å². The summed E-state index contributed by atoms with van der Waals surface area (Å²) < 4.78 is 25.6. The maximum atomic E-state index is 11.4. The zero-order chi connectivity index (χ0) is 10.6. The summed E-state index contributed by atoms with van der Waals surface area (Å²) >= 11 is 0. The lowest BCUT2D eigenvalue weighted by Gasteiger charge is -2.02. The average Bonchev–Trinajstić information content (AvgIpc) is 2.18. The second-order valence-electron chi connectivity index (χ2n) is 2.62. The molecule has 1 rings (SSSR count). The number of hydrogen-bond donors (Lipinski definition) is 0. The van der Waals surface area contributed by atoms with Crippen LogP contribution in [0.2, 0.25) is 0 Å². The molecule has 0 unspecified atom stereocenters. The first-order valence-electron chi connectivity index (χ1n) is 4.04. The fourth-order valence-electron chi connectivity index (χ4n) is 1.15. The van der Waals surface area contributed by atoms with E-state index in [2.05, 4.69) is 4.40 Å². The average molecular weight is 211 g/mol. The maximum Gasteiger partial charge on any atom is 0.292 e. The van der Waals surface area contributed by atoms with Gasteiger partial charge < -0.3 is 0 Å². The quantitative estimate of drug-likeness (QED) is 0.558. The van der Waals surface area contributed by atoms with Gasteiger partial charge in [0.15, 0.2) is 0 Å². The molecular weight excluding hydrogens is 202 g/mol. The van der Waals surface area contributed by atoms with Crippen LogP contribution in [-0.4, -0.2) is 14.5 Å². The van der Waals surface area contributed by atoms with Gasteiger partial charge in [0, 0.05) is 0 Å². The van der Waals surface area contributed by atoms with Crippen LogP contribution in [0.4, 0.5) is 0 Å². The largest absolute Gasteiger partial charge is 0.292 e. The number of benzene rings is 1. The fourth-order valence-corrected chi connectivity index (χ4v) is 2.14. The van der Waals surface area contributed by atoms with Gasteiger partial charge in [-0.3, -0.25) is 0 Å². The smallest absolute Gasteiger partial charge is 0.210 e. The molecule has 4 nitrogen and oxygen atoms in total. The molecule has 74 valence electrons. The maximum absolute atomic E-state index is 11.4. The van der Waals surface area contributed by atoms with Crippen molar-refractivity contribution in [1.29, 1.82) is 0 Å². The topological polar surface area (TPSA) is 63.6 Å². The number of isocyanates is 1. The number of sulfonamides is 1. The Morgan fingerprint density at radius 3 is 2.57 bits per heavy atom. The summed E-state index contributed by atoms with van der Waals surface area (Å²) in [4.78, 5) is 10.00. The molecule has 0 aliphatic heterocycles. The van der Waals surface area contributed by atoms with Crippen LogP contribution in [0.5, 0.6) is 0 Å². The molecule has 14 heavy (non-hydrogen) atoms. The van der Waals surface area contributed by atoms with Crippen LogP contribution in [0.1, 0.15) is 12.5 Å². The Kier molecular flexibility index (Phi) is 3.17. The zero-order valence-corrected chi connectivity index (χ0v) is 8.41. The van der Waals surface area contributed by atoms with Crippen LogP contribution in [0.3, 0.4) is 0 Å². The Bertz CT molecular complexity index is 473. The van der Waals surface area contributed by atoms with Crippen molar-refractivity contribution in [2.24, 2.45) is 4.40 Å². The van der Waals surface area contributed by atoms with Gasteiger partial charge >= 0.3 is 0 Å². The number of nitrogens with zero attached hydrogens (tertiary/aromatic N) is 1. The molecule has 0 aliphatic carbocycles. The molecule has 5 heteroatoms. The molecule has 0 saturated carbocycles. The fraction of sp³-hybridized carbons (Fsp3) is 0.222. The highest BCUT2D eigenvalue weighted by atomic mass is 32.2. The van der Waals surface area contributed by atoms with E-state index in [9.17, 15) is 13.2 Å². The second kappa shape index (κ2) is 4.17. The van der Waals surface area contributed by atoms with Crippen molar-refractivity contribution >= 4 is 16.1 Å². The van der Waals surface area contributed by atoms with Crippen molar-refractivity contribution in [3.63, 3.8) is 0 Å². The van der Waals surface area contributed by atoms with E-state index >= 15 is 0 Å². The molecule has 1 aromatic rings. The van der Waals surface area contributed by atoms with Crippen LogP contribution < -0.4 is 0 Å². The highest BCUT2D eigenvalue weighted by Crippen LogP contribution is 2.17. The van der Waals surface area contributed by atoms with Gasteiger partial charge in [0.05, 0.1) is 4.90 Å². The van der Waals surface area contributed by atoms with E-state index in [-0.39, 0.29) is 4.90 Å². The Hall–Kier alpha value is -1.45. The van der Waals surface area contributed by atoms with Gasteiger partial charge in [-0.25, -0.2) is 4.79 Å². The Balaban J connectivity index is 3.39. The predicted octanol–water partition coefficient (Wildman–Crippen LogP) is 1.27. The molecule has 0 heterocycles. The molecule has 0 aliphatic rings. The normalized spacial score (nSPS) is 10.6. The lowest BCUT2D eigenvalue weighted by atomic mass is 10.2. The lowest BCUT2D eigenvalue weighted by molar-refractivity contribution is 0.563. The minimum atomic E-state index is -3.85. The summed E-state index contributed by atoms with van der Waals surface area (Å²) in [5, 5.41) is 0. The number of hydrogen-bond acceptors (Lipinski definition) is 3. The molecule has 0 fully saturated rings.